The van der Waals surface area contributed by atoms with Gasteiger partial charge in [0.15, 0.2) is 6.10 Å². The van der Waals surface area contributed by atoms with Crippen molar-refractivity contribution in [2.45, 2.75) is 82.3 Å². The molecule has 2 aromatic rings. The summed E-state index contributed by atoms with van der Waals surface area (Å²) in [5.74, 6) is -0.979. The number of nitrogens with zero attached hydrogens (tertiary/aromatic N) is 2. The first-order chi connectivity index (χ1) is 15.0. The average molecular weight is 440 g/mol. The molecule has 2 aliphatic carbocycles. The predicted octanol–water partition coefficient (Wildman–Crippen LogP) is 4.84. The van der Waals surface area contributed by atoms with E-state index in [9.17, 15) is 14.9 Å². The summed E-state index contributed by atoms with van der Waals surface area (Å²) in [4.78, 5) is 30.6. The summed E-state index contributed by atoms with van der Waals surface area (Å²) in [5, 5.41) is 13.4. The van der Waals surface area contributed by atoms with E-state index < -0.39 is 11.6 Å². The first kappa shape index (κ1) is 21.8. The third kappa shape index (κ3) is 4.74. The summed E-state index contributed by atoms with van der Waals surface area (Å²) in [5.41, 5.74) is 0.131. The van der Waals surface area contributed by atoms with Crippen molar-refractivity contribution in [1.29, 1.82) is 5.26 Å². The van der Waals surface area contributed by atoms with Crippen molar-refractivity contribution < 1.29 is 14.3 Å². The van der Waals surface area contributed by atoms with E-state index in [1.807, 2.05) is 18.2 Å². The second-order valence-corrected chi connectivity index (χ2v) is 9.90. The van der Waals surface area contributed by atoms with Crippen molar-refractivity contribution >= 4 is 33.4 Å². The molecule has 2 saturated carbocycles. The van der Waals surface area contributed by atoms with E-state index in [0.29, 0.717) is 12.8 Å². The number of esters is 1. The number of amides is 1. The smallest absolute Gasteiger partial charge is 0.310 e. The van der Waals surface area contributed by atoms with Crippen molar-refractivity contribution in [2.24, 2.45) is 5.92 Å². The molecule has 7 heteroatoms. The SMILES string of the molecule is CC(OC(=O)C1CCCCC1c1nc2ccccc2s1)C(=O)NC1(C#N)CCCCC1. The molecule has 0 bridgehead atoms. The monoisotopic (exact) mass is 439 g/mol. The lowest BCUT2D eigenvalue weighted by Gasteiger charge is -2.33. The van der Waals surface area contributed by atoms with Gasteiger partial charge in [0.25, 0.3) is 5.91 Å². The Morgan fingerprint density at radius 2 is 1.94 bits per heavy atom. The summed E-state index contributed by atoms with van der Waals surface area (Å²) in [7, 11) is 0. The van der Waals surface area contributed by atoms with Crippen LogP contribution in [0, 0.1) is 17.2 Å². The molecule has 31 heavy (non-hydrogen) atoms. The van der Waals surface area contributed by atoms with Crippen LogP contribution in [0.25, 0.3) is 10.2 Å². The van der Waals surface area contributed by atoms with Crippen LogP contribution in [0.15, 0.2) is 24.3 Å². The minimum absolute atomic E-state index is 0.0257. The lowest BCUT2D eigenvalue weighted by molar-refractivity contribution is -0.160. The summed E-state index contributed by atoms with van der Waals surface area (Å²) in [6.45, 7) is 1.59. The lowest BCUT2D eigenvalue weighted by Crippen LogP contribution is -2.52. The second-order valence-electron chi connectivity index (χ2n) is 8.84. The number of fused-ring (bicyclic) bond motifs is 1. The number of carbonyl (C=O) groups is 2. The number of carbonyl (C=O) groups excluding carboxylic acids is 2. The molecule has 0 aliphatic heterocycles. The zero-order valence-corrected chi connectivity index (χ0v) is 18.7. The van der Waals surface area contributed by atoms with E-state index >= 15 is 0 Å². The largest absolute Gasteiger partial charge is 0.452 e. The molecular formula is C24H29N3O3S. The Labute approximate surface area is 187 Å². The summed E-state index contributed by atoms with van der Waals surface area (Å²) < 4.78 is 6.75. The highest BCUT2D eigenvalue weighted by Gasteiger charge is 2.38. The number of hydrogen-bond acceptors (Lipinski definition) is 6. The quantitative estimate of drug-likeness (QED) is 0.673. The standard InChI is InChI=1S/C24H29N3O3S/c1-16(21(28)27-24(15-25)13-7-2-8-14-24)30-23(29)18-10-4-3-9-17(18)22-26-19-11-5-6-12-20(19)31-22/h5-6,11-12,16-18H,2-4,7-10,13-14H2,1H3,(H,27,28). The van der Waals surface area contributed by atoms with Crippen LogP contribution in [-0.4, -0.2) is 28.5 Å². The fraction of sp³-hybridized carbons (Fsp3) is 0.583. The Kier molecular flexibility index (Phi) is 6.57. The Bertz CT molecular complexity index is 956. The van der Waals surface area contributed by atoms with Crippen LogP contribution in [0.2, 0.25) is 0 Å². The third-order valence-electron chi connectivity index (χ3n) is 6.64. The molecule has 0 spiro atoms. The van der Waals surface area contributed by atoms with E-state index in [1.165, 1.54) is 0 Å². The molecule has 1 aromatic carbocycles. The first-order valence-corrected chi connectivity index (χ1v) is 12.1. The van der Waals surface area contributed by atoms with Crippen molar-refractivity contribution in [3.63, 3.8) is 0 Å². The number of hydrogen-bond donors (Lipinski definition) is 1. The lowest BCUT2D eigenvalue weighted by atomic mass is 9.79. The topological polar surface area (TPSA) is 92.1 Å². The molecule has 2 aliphatic rings. The fourth-order valence-corrected chi connectivity index (χ4v) is 6.00. The van der Waals surface area contributed by atoms with Gasteiger partial charge in [-0.1, -0.05) is 44.2 Å². The minimum Gasteiger partial charge on any atom is -0.452 e. The highest BCUT2D eigenvalue weighted by Crippen LogP contribution is 2.41. The van der Waals surface area contributed by atoms with Gasteiger partial charge in [-0.3, -0.25) is 9.59 Å². The van der Waals surface area contributed by atoms with E-state index in [0.717, 1.165) is 60.2 Å². The molecule has 1 heterocycles. The number of nitrogens with one attached hydrogen (secondary N) is 1. The molecule has 0 radical (unpaired) electrons. The van der Waals surface area contributed by atoms with Gasteiger partial charge in [0.1, 0.15) is 5.54 Å². The Morgan fingerprint density at radius 3 is 2.68 bits per heavy atom. The maximum absolute atomic E-state index is 13.1. The van der Waals surface area contributed by atoms with E-state index in [4.69, 9.17) is 9.72 Å². The minimum atomic E-state index is -0.919. The average Bonchev–Trinajstić information content (AvgIpc) is 3.24. The van der Waals surface area contributed by atoms with Gasteiger partial charge in [-0.2, -0.15) is 5.26 Å². The van der Waals surface area contributed by atoms with Crippen molar-refractivity contribution in [3.05, 3.63) is 29.3 Å². The van der Waals surface area contributed by atoms with Crippen molar-refractivity contribution in [2.75, 3.05) is 0 Å². The predicted molar refractivity (Wildman–Crippen MR) is 119 cm³/mol. The Hall–Kier alpha value is -2.46. The normalized spacial score (nSPS) is 24.1. The Balaban J connectivity index is 1.43. The zero-order valence-electron chi connectivity index (χ0n) is 17.9. The molecule has 4 rings (SSSR count). The van der Waals surface area contributed by atoms with Crippen LogP contribution >= 0.6 is 11.3 Å². The van der Waals surface area contributed by atoms with Crippen LogP contribution in [0.5, 0.6) is 0 Å². The van der Waals surface area contributed by atoms with Crippen LogP contribution in [-0.2, 0) is 14.3 Å². The third-order valence-corrected chi connectivity index (χ3v) is 7.81. The van der Waals surface area contributed by atoms with Gasteiger partial charge in [-0.15, -0.1) is 11.3 Å². The van der Waals surface area contributed by atoms with Crippen molar-refractivity contribution in [1.82, 2.24) is 10.3 Å². The summed E-state index contributed by atoms with van der Waals surface area (Å²) in [6.07, 6.45) is 6.99. The van der Waals surface area contributed by atoms with Gasteiger partial charge in [0, 0.05) is 5.92 Å². The van der Waals surface area contributed by atoms with Gasteiger partial charge in [-0.05, 0) is 44.7 Å². The van der Waals surface area contributed by atoms with Gasteiger partial charge in [0.05, 0.1) is 27.2 Å². The van der Waals surface area contributed by atoms with E-state index in [-0.39, 0.29) is 23.7 Å². The van der Waals surface area contributed by atoms with Crippen LogP contribution in [0.4, 0.5) is 0 Å². The molecule has 1 aromatic heterocycles. The maximum atomic E-state index is 13.1. The fourth-order valence-electron chi connectivity index (χ4n) is 4.83. The van der Waals surface area contributed by atoms with Crippen molar-refractivity contribution in [3.8, 4) is 6.07 Å². The summed E-state index contributed by atoms with van der Waals surface area (Å²) >= 11 is 1.64. The van der Waals surface area contributed by atoms with Crippen LogP contribution < -0.4 is 5.32 Å². The molecule has 164 valence electrons. The number of benzene rings is 1. The molecule has 3 unspecified atom stereocenters. The first-order valence-electron chi connectivity index (χ1n) is 11.3. The van der Waals surface area contributed by atoms with Crippen LogP contribution in [0.1, 0.15) is 75.6 Å². The molecule has 2 fully saturated rings. The molecule has 1 amide bonds. The van der Waals surface area contributed by atoms with Gasteiger partial charge in [0.2, 0.25) is 0 Å². The number of para-hydroxylation sites is 1. The van der Waals surface area contributed by atoms with E-state index in [2.05, 4.69) is 17.5 Å². The number of thiazole rings is 1. The number of ether oxygens (including phenoxy) is 1. The molecule has 1 N–H and O–H groups in total. The van der Waals surface area contributed by atoms with Gasteiger partial charge >= 0.3 is 5.97 Å². The highest BCUT2D eigenvalue weighted by atomic mass is 32.1. The zero-order chi connectivity index (χ0) is 21.8. The second kappa shape index (κ2) is 9.35. The highest BCUT2D eigenvalue weighted by molar-refractivity contribution is 7.18. The van der Waals surface area contributed by atoms with Gasteiger partial charge in [-0.25, -0.2) is 4.98 Å². The number of aromatic nitrogens is 1. The molecule has 6 nitrogen and oxygen atoms in total. The van der Waals surface area contributed by atoms with Crippen LogP contribution in [0.3, 0.4) is 0 Å². The maximum Gasteiger partial charge on any atom is 0.310 e. The molecule has 0 saturated heterocycles. The molecular weight excluding hydrogens is 410 g/mol. The number of rotatable bonds is 5. The van der Waals surface area contributed by atoms with Gasteiger partial charge < -0.3 is 10.1 Å². The Morgan fingerprint density at radius 1 is 1.19 bits per heavy atom. The molecule has 3 atom stereocenters. The summed E-state index contributed by atoms with van der Waals surface area (Å²) in [6, 6.07) is 10.3. The van der Waals surface area contributed by atoms with E-state index in [1.54, 1.807) is 18.3 Å². The number of nitriles is 1.